The van der Waals surface area contributed by atoms with Gasteiger partial charge in [0.2, 0.25) is 0 Å². The molecule has 0 atom stereocenters. The Kier molecular flexibility index (Phi) is 6.58. The number of carbonyl (C=O) groups excluding carboxylic acids is 3. The van der Waals surface area contributed by atoms with Crippen molar-refractivity contribution in [2.75, 3.05) is 26.8 Å². The smallest absolute Gasteiger partial charge is 0.410 e. The first-order valence-corrected chi connectivity index (χ1v) is 4.68. The van der Waals surface area contributed by atoms with Gasteiger partial charge in [-0.05, 0) is 6.92 Å². The summed E-state index contributed by atoms with van der Waals surface area (Å²) in [5.74, 6) is -0.595. The first-order chi connectivity index (χ1) is 7.56. The zero-order chi connectivity index (χ0) is 12.6. The summed E-state index contributed by atoms with van der Waals surface area (Å²) in [6.45, 7) is 5.10. The minimum Gasteiger partial charge on any atom is -0.463 e. The third kappa shape index (κ3) is 4.59. The minimum absolute atomic E-state index is 0.0918. The highest BCUT2D eigenvalue weighted by Crippen LogP contribution is 2.01. The van der Waals surface area contributed by atoms with Crippen molar-refractivity contribution in [1.82, 2.24) is 4.90 Å². The van der Waals surface area contributed by atoms with Crippen molar-refractivity contribution in [3.8, 4) is 0 Å². The van der Waals surface area contributed by atoms with E-state index in [2.05, 4.69) is 11.3 Å². The van der Waals surface area contributed by atoms with E-state index in [4.69, 9.17) is 4.74 Å². The molecule has 0 fully saturated rings. The molecule has 0 bridgehead atoms. The third-order valence-electron chi connectivity index (χ3n) is 1.67. The van der Waals surface area contributed by atoms with E-state index in [1.54, 1.807) is 6.92 Å². The number of esters is 1. The van der Waals surface area contributed by atoms with E-state index < -0.39 is 12.1 Å². The molecule has 1 amide bonds. The highest BCUT2D eigenvalue weighted by molar-refractivity contribution is 5.89. The molecule has 0 aromatic rings. The summed E-state index contributed by atoms with van der Waals surface area (Å²) in [6.07, 6.45) is -0.160. The first kappa shape index (κ1) is 14.2. The SMILES string of the molecule is C=C(CN(CC=O)C(=O)OC)C(=O)OCC. The largest absolute Gasteiger partial charge is 0.463 e. The van der Waals surface area contributed by atoms with Gasteiger partial charge in [0.25, 0.3) is 0 Å². The minimum atomic E-state index is -0.697. The van der Waals surface area contributed by atoms with Crippen LogP contribution in [0.25, 0.3) is 0 Å². The van der Waals surface area contributed by atoms with Gasteiger partial charge < -0.3 is 14.3 Å². The second kappa shape index (κ2) is 7.44. The molecule has 90 valence electrons. The lowest BCUT2D eigenvalue weighted by Gasteiger charge is -2.18. The predicted molar refractivity (Wildman–Crippen MR) is 55.8 cm³/mol. The molecule has 6 nitrogen and oxygen atoms in total. The molecular formula is C10H15NO5. The molecule has 0 saturated heterocycles. The number of aldehydes is 1. The summed E-state index contributed by atoms with van der Waals surface area (Å²) < 4.78 is 9.13. The molecule has 0 radical (unpaired) electrons. The fourth-order valence-corrected chi connectivity index (χ4v) is 0.951. The maximum atomic E-state index is 11.2. The van der Waals surface area contributed by atoms with Gasteiger partial charge in [0.15, 0.2) is 0 Å². The van der Waals surface area contributed by atoms with Crippen LogP contribution in [0.5, 0.6) is 0 Å². The first-order valence-electron chi connectivity index (χ1n) is 4.68. The average molecular weight is 229 g/mol. The Morgan fingerprint density at radius 2 is 2.06 bits per heavy atom. The lowest BCUT2D eigenvalue weighted by Crippen LogP contribution is -2.35. The van der Waals surface area contributed by atoms with Crippen molar-refractivity contribution in [1.29, 1.82) is 0 Å². The lowest BCUT2D eigenvalue weighted by molar-refractivity contribution is -0.138. The topological polar surface area (TPSA) is 72.9 Å². The Labute approximate surface area is 93.8 Å². The van der Waals surface area contributed by atoms with E-state index in [0.29, 0.717) is 6.29 Å². The van der Waals surface area contributed by atoms with Gasteiger partial charge in [-0.1, -0.05) is 6.58 Å². The van der Waals surface area contributed by atoms with Crippen LogP contribution in [0.15, 0.2) is 12.2 Å². The number of ether oxygens (including phenoxy) is 2. The maximum Gasteiger partial charge on any atom is 0.410 e. The van der Waals surface area contributed by atoms with Crippen LogP contribution in [0.4, 0.5) is 4.79 Å². The molecule has 0 heterocycles. The second-order valence-electron chi connectivity index (χ2n) is 2.84. The van der Waals surface area contributed by atoms with Crippen LogP contribution in [0, 0.1) is 0 Å². The number of hydrogen-bond donors (Lipinski definition) is 0. The number of nitrogens with zero attached hydrogens (tertiary/aromatic N) is 1. The monoisotopic (exact) mass is 229 g/mol. The molecule has 6 heteroatoms. The lowest BCUT2D eigenvalue weighted by atomic mass is 10.3. The van der Waals surface area contributed by atoms with E-state index in [1.165, 1.54) is 7.11 Å². The Morgan fingerprint density at radius 1 is 1.44 bits per heavy atom. The Balaban J connectivity index is 4.39. The van der Waals surface area contributed by atoms with Gasteiger partial charge in [-0.2, -0.15) is 0 Å². The number of methoxy groups -OCH3 is 1. The molecule has 0 saturated carbocycles. The standard InChI is InChI=1S/C10H15NO5/c1-4-16-9(13)8(2)7-11(5-6-12)10(14)15-3/h6H,2,4-5,7H2,1,3H3. The molecule has 16 heavy (non-hydrogen) atoms. The number of hydrogen-bond acceptors (Lipinski definition) is 5. The number of carbonyl (C=O) groups is 3. The molecule has 0 N–H and O–H groups in total. The summed E-state index contributed by atoms with van der Waals surface area (Å²) in [5, 5.41) is 0. The summed E-state index contributed by atoms with van der Waals surface area (Å²) in [6, 6.07) is 0. The van der Waals surface area contributed by atoms with Gasteiger partial charge in [-0.3, -0.25) is 4.90 Å². The second-order valence-corrected chi connectivity index (χ2v) is 2.84. The quantitative estimate of drug-likeness (QED) is 0.374. The zero-order valence-electron chi connectivity index (χ0n) is 9.39. The Morgan fingerprint density at radius 3 is 2.50 bits per heavy atom. The van der Waals surface area contributed by atoms with Crippen LogP contribution in [-0.4, -0.2) is 50.1 Å². The number of amides is 1. The van der Waals surface area contributed by atoms with Crippen molar-refractivity contribution in [2.45, 2.75) is 6.92 Å². The highest BCUT2D eigenvalue weighted by atomic mass is 16.5. The molecule has 0 rings (SSSR count). The van der Waals surface area contributed by atoms with Crippen LogP contribution in [0.1, 0.15) is 6.92 Å². The molecule has 0 unspecified atom stereocenters. The van der Waals surface area contributed by atoms with Gasteiger partial charge >= 0.3 is 12.1 Å². The summed E-state index contributed by atoms with van der Waals surface area (Å²) in [7, 11) is 1.19. The van der Waals surface area contributed by atoms with Gasteiger partial charge in [0.1, 0.15) is 6.29 Å². The van der Waals surface area contributed by atoms with Crippen molar-refractivity contribution in [2.24, 2.45) is 0 Å². The maximum absolute atomic E-state index is 11.2. The summed E-state index contributed by atoms with van der Waals surface area (Å²) >= 11 is 0. The summed E-state index contributed by atoms with van der Waals surface area (Å²) in [5.41, 5.74) is 0.0918. The molecule has 0 aromatic carbocycles. The molecule has 0 spiro atoms. The van der Waals surface area contributed by atoms with Gasteiger partial charge in [-0.25, -0.2) is 9.59 Å². The zero-order valence-corrected chi connectivity index (χ0v) is 9.39. The van der Waals surface area contributed by atoms with Gasteiger partial charge in [0, 0.05) is 5.57 Å². The van der Waals surface area contributed by atoms with Crippen molar-refractivity contribution >= 4 is 18.3 Å². The van der Waals surface area contributed by atoms with E-state index in [-0.39, 0.29) is 25.3 Å². The fourth-order valence-electron chi connectivity index (χ4n) is 0.951. The van der Waals surface area contributed by atoms with Gasteiger partial charge in [-0.15, -0.1) is 0 Å². The highest BCUT2D eigenvalue weighted by Gasteiger charge is 2.18. The molecule has 0 aliphatic heterocycles. The van der Waals surface area contributed by atoms with Crippen LogP contribution < -0.4 is 0 Å². The van der Waals surface area contributed by atoms with Crippen LogP contribution in [-0.2, 0) is 19.1 Å². The van der Waals surface area contributed by atoms with E-state index in [0.717, 1.165) is 4.90 Å². The van der Waals surface area contributed by atoms with E-state index >= 15 is 0 Å². The van der Waals surface area contributed by atoms with Crippen molar-refractivity contribution in [3.05, 3.63) is 12.2 Å². The number of rotatable bonds is 6. The van der Waals surface area contributed by atoms with E-state index in [9.17, 15) is 14.4 Å². The Hall–Kier alpha value is -1.85. The van der Waals surface area contributed by atoms with Crippen molar-refractivity contribution < 1.29 is 23.9 Å². The third-order valence-corrected chi connectivity index (χ3v) is 1.67. The van der Waals surface area contributed by atoms with Crippen LogP contribution in [0.2, 0.25) is 0 Å². The summed E-state index contributed by atoms with van der Waals surface area (Å²) in [4.78, 5) is 33.7. The predicted octanol–water partition coefficient (Wildman–Crippen LogP) is 0.373. The van der Waals surface area contributed by atoms with Crippen molar-refractivity contribution in [3.63, 3.8) is 0 Å². The molecule has 0 aliphatic rings. The van der Waals surface area contributed by atoms with Gasteiger partial charge in [0.05, 0.1) is 26.8 Å². The molecule has 0 aromatic heterocycles. The average Bonchev–Trinajstić information content (AvgIpc) is 2.27. The van der Waals surface area contributed by atoms with Crippen LogP contribution in [0.3, 0.4) is 0 Å². The normalized spacial score (nSPS) is 9.12. The Bertz CT molecular complexity index is 287. The van der Waals surface area contributed by atoms with E-state index in [1.807, 2.05) is 0 Å². The molecular weight excluding hydrogens is 214 g/mol. The fraction of sp³-hybridized carbons (Fsp3) is 0.500. The van der Waals surface area contributed by atoms with Crippen LogP contribution >= 0.6 is 0 Å². The molecule has 0 aliphatic carbocycles.